The van der Waals surface area contributed by atoms with Gasteiger partial charge >= 0.3 is 0 Å². The highest BCUT2D eigenvalue weighted by molar-refractivity contribution is 7.85. The SMILES string of the molecule is CC1C(=O)CC(c2ccc(Cl)cc2)S(=O)C1c1ccccc1. The Hall–Kier alpha value is -1.45. The Morgan fingerprint density at radius 1 is 1.00 bits per heavy atom. The van der Waals surface area contributed by atoms with Gasteiger partial charge in [-0.1, -0.05) is 61.0 Å². The average molecular weight is 333 g/mol. The van der Waals surface area contributed by atoms with E-state index >= 15 is 0 Å². The van der Waals surface area contributed by atoms with Crippen molar-refractivity contribution in [1.29, 1.82) is 0 Å². The Morgan fingerprint density at radius 2 is 1.64 bits per heavy atom. The predicted molar refractivity (Wildman–Crippen MR) is 90.3 cm³/mol. The van der Waals surface area contributed by atoms with Crippen LogP contribution < -0.4 is 0 Å². The van der Waals surface area contributed by atoms with E-state index < -0.39 is 10.8 Å². The van der Waals surface area contributed by atoms with Crippen molar-refractivity contribution < 1.29 is 9.00 Å². The molecule has 0 N–H and O–H groups in total. The van der Waals surface area contributed by atoms with Gasteiger partial charge in [-0.05, 0) is 23.3 Å². The fourth-order valence-electron chi connectivity index (χ4n) is 2.99. The zero-order valence-corrected chi connectivity index (χ0v) is 13.8. The molecule has 1 saturated heterocycles. The van der Waals surface area contributed by atoms with Crippen LogP contribution in [0.25, 0.3) is 0 Å². The molecular weight excluding hydrogens is 316 g/mol. The van der Waals surface area contributed by atoms with E-state index in [1.54, 1.807) is 12.1 Å². The number of carbonyl (C=O) groups is 1. The fourth-order valence-corrected chi connectivity index (χ4v) is 5.21. The highest BCUT2D eigenvalue weighted by Gasteiger charge is 2.41. The van der Waals surface area contributed by atoms with Gasteiger partial charge in [0.2, 0.25) is 0 Å². The second-order valence-electron chi connectivity index (χ2n) is 5.66. The topological polar surface area (TPSA) is 34.1 Å². The van der Waals surface area contributed by atoms with Crippen LogP contribution in [0.2, 0.25) is 5.02 Å². The van der Waals surface area contributed by atoms with Gasteiger partial charge < -0.3 is 0 Å². The second-order valence-corrected chi connectivity index (χ2v) is 7.83. The molecule has 114 valence electrons. The first-order valence-corrected chi connectivity index (χ1v) is 8.96. The molecule has 0 aromatic heterocycles. The molecule has 0 bridgehead atoms. The van der Waals surface area contributed by atoms with E-state index in [4.69, 9.17) is 11.6 Å². The lowest BCUT2D eigenvalue weighted by atomic mass is 9.92. The van der Waals surface area contributed by atoms with E-state index in [9.17, 15) is 9.00 Å². The molecule has 22 heavy (non-hydrogen) atoms. The first-order valence-electron chi connectivity index (χ1n) is 7.30. The minimum Gasteiger partial charge on any atom is -0.299 e. The summed E-state index contributed by atoms with van der Waals surface area (Å²) in [4.78, 5) is 12.4. The summed E-state index contributed by atoms with van der Waals surface area (Å²) in [7, 11) is -1.14. The molecular formula is C18H17ClO2S. The summed E-state index contributed by atoms with van der Waals surface area (Å²) in [6, 6.07) is 17.0. The van der Waals surface area contributed by atoms with Crippen molar-refractivity contribution in [2.24, 2.45) is 5.92 Å². The van der Waals surface area contributed by atoms with E-state index in [1.165, 1.54) is 0 Å². The van der Waals surface area contributed by atoms with Gasteiger partial charge in [0.25, 0.3) is 0 Å². The third-order valence-electron chi connectivity index (χ3n) is 4.25. The van der Waals surface area contributed by atoms with E-state index in [0.29, 0.717) is 11.4 Å². The lowest BCUT2D eigenvalue weighted by molar-refractivity contribution is -0.122. The van der Waals surface area contributed by atoms with Crippen molar-refractivity contribution in [2.75, 3.05) is 0 Å². The molecule has 0 radical (unpaired) electrons. The zero-order chi connectivity index (χ0) is 15.7. The van der Waals surface area contributed by atoms with Crippen molar-refractivity contribution in [1.82, 2.24) is 0 Å². The number of carbonyl (C=O) groups excluding carboxylic acids is 1. The highest BCUT2D eigenvalue weighted by atomic mass is 35.5. The molecule has 0 aliphatic carbocycles. The molecule has 2 aromatic rings. The Kier molecular flexibility index (Phi) is 4.46. The first kappa shape index (κ1) is 15.4. The van der Waals surface area contributed by atoms with E-state index in [2.05, 4.69) is 0 Å². The lowest BCUT2D eigenvalue weighted by Crippen LogP contribution is -2.33. The predicted octanol–water partition coefficient (Wildman–Crippen LogP) is 4.48. The Bertz CT molecular complexity index is 697. The Labute approximate surface area is 138 Å². The number of ketones is 1. The molecule has 1 aliphatic heterocycles. The molecule has 0 amide bonds. The van der Waals surface area contributed by atoms with Crippen LogP contribution in [0.5, 0.6) is 0 Å². The lowest BCUT2D eigenvalue weighted by Gasteiger charge is -2.33. The molecule has 0 spiro atoms. The Balaban J connectivity index is 1.99. The molecule has 4 unspecified atom stereocenters. The normalized spacial score (nSPS) is 28.5. The number of rotatable bonds is 2. The average Bonchev–Trinajstić information content (AvgIpc) is 2.53. The Morgan fingerprint density at radius 3 is 2.27 bits per heavy atom. The smallest absolute Gasteiger partial charge is 0.138 e. The van der Waals surface area contributed by atoms with Crippen LogP contribution in [0, 0.1) is 5.92 Å². The monoisotopic (exact) mass is 332 g/mol. The summed E-state index contributed by atoms with van der Waals surface area (Å²) in [6.45, 7) is 1.88. The summed E-state index contributed by atoms with van der Waals surface area (Å²) in [5.74, 6) is -0.0415. The molecule has 3 rings (SSSR count). The minimum atomic E-state index is -1.14. The maximum absolute atomic E-state index is 13.1. The maximum Gasteiger partial charge on any atom is 0.138 e. The molecule has 4 heteroatoms. The zero-order valence-electron chi connectivity index (χ0n) is 12.2. The molecule has 1 heterocycles. The van der Waals surface area contributed by atoms with Gasteiger partial charge in [-0.25, -0.2) is 0 Å². The van der Waals surface area contributed by atoms with E-state index in [1.807, 2.05) is 49.4 Å². The summed E-state index contributed by atoms with van der Waals surface area (Å²) in [5, 5.41) is 0.138. The van der Waals surface area contributed by atoms with Gasteiger partial charge in [0.15, 0.2) is 0 Å². The first-order chi connectivity index (χ1) is 10.6. The number of hydrogen-bond donors (Lipinski definition) is 0. The second kappa shape index (κ2) is 6.35. The number of benzene rings is 2. The minimum absolute atomic E-state index is 0.174. The highest BCUT2D eigenvalue weighted by Crippen LogP contribution is 2.43. The molecule has 2 aromatic carbocycles. The van der Waals surface area contributed by atoms with E-state index in [-0.39, 0.29) is 22.2 Å². The largest absolute Gasteiger partial charge is 0.299 e. The summed E-state index contributed by atoms with van der Waals surface area (Å²) in [6.07, 6.45) is 0.332. The standard InChI is InChI=1S/C18H17ClO2S/c1-12-16(20)11-17(13-7-9-15(19)10-8-13)22(21)18(12)14-5-3-2-4-6-14/h2-10,12,17-18H,11H2,1H3. The number of Topliss-reactive ketones (excluding diaryl/α,β-unsaturated/α-hetero) is 1. The molecule has 0 saturated carbocycles. The third-order valence-corrected chi connectivity index (χ3v) is 6.68. The van der Waals surface area contributed by atoms with Gasteiger partial charge in [-0.15, -0.1) is 0 Å². The maximum atomic E-state index is 13.1. The number of hydrogen-bond acceptors (Lipinski definition) is 2. The quantitative estimate of drug-likeness (QED) is 0.812. The van der Waals surface area contributed by atoms with E-state index in [0.717, 1.165) is 11.1 Å². The molecule has 1 aliphatic rings. The third kappa shape index (κ3) is 2.88. The van der Waals surface area contributed by atoms with Gasteiger partial charge in [0, 0.05) is 28.2 Å². The van der Waals surface area contributed by atoms with Crippen LogP contribution in [-0.2, 0) is 15.6 Å². The van der Waals surface area contributed by atoms with Crippen molar-refractivity contribution in [3.8, 4) is 0 Å². The van der Waals surface area contributed by atoms with Crippen molar-refractivity contribution in [3.05, 3.63) is 70.7 Å². The van der Waals surface area contributed by atoms with Gasteiger partial charge in [0.05, 0.1) is 10.5 Å². The van der Waals surface area contributed by atoms with Crippen molar-refractivity contribution in [3.63, 3.8) is 0 Å². The van der Waals surface area contributed by atoms with Crippen LogP contribution in [0.4, 0.5) is 0 Å². The van der Waals surface area contributed by atoms with Crippen LogP contribution in [0.15, 0.2) is 54.6 Å². The van der Waals surface area contributed by atoms with Crippen molar-refractivity contribution in [2.45, 2.75) is 23.8 Å². The molecule has 1 fully saturated rings. The fraction of sp³-hybridized carbons (Fsp3) is 0.278. The summed E-state index contributed by atoms with van der Waals surface area (Å²) >= 11 is 5.92. The molecule has 2 nitrogen and oxygen atoms in total. The van der Waals surface area contributed by atoms with Gasteiger partial charge in [0.1, 0.15) is 5.78 Å². The molecule has 4 atom stereocenters. The van der Waals surface area contributed by atoms with Gasteiger partial charge in [-0.3, -0.25) is 9.00 Å². The summed E-state index contributed by atoms with van der Waals surface area (Å²) in [5.41, 5.74) is 1.89. The van der Waals surface area contributed by atoms with Gasteiger partial charge in [-0.2, -0.15) is 0 Å². The van der Waals surface area contributed by atoms with Crippen LogP contribution in [-0.4, -0.2) is 9.99 Å². The number of halogens is 1. The van der Waals surface area contributed by atoms with Crippen LogP contribution in [0.1, 0.15) is 35.0 Å². The van der Waals surface area contributed by atoms with Crippen LogP contribution in [0.3, 0.4) is 0 Å². The summed E-state index contributed by atoms with van der Waals surface area (Å²) < 4.78 is 13.1. The van der Waals surface area contributed by atoms with Crippen LogP contribution >= 0.6 is 11.6 Å². The van der Waals surface area contributed by atoms with Crippen molar-refractivity contribution >= 4 is 28.2 Å².